The SMILES string of the molecule is CC(C(=O)Nc1ccc(F)cc1Cl)N1CCN(S(=O)(=O)c2ccccc2C(F)(F)F)CC1. The summed E-state index contributed by atoms with van der Waals surface area (Å²) in [5.41, 5.74) is -0.985. The van der Waals surface area contributed by atoms with E-state index in [1.165, 1.54) is 12.1 Å². The van der Waals surface area contributed by atoms with E-state index < -0.39 is 44.4 Å². The summed E-state index contributed by atoms with van der Waals surface area (Å²) in [6.45, 7) is 1.72. The molecule has 1 fully saturated rings. The number of carbonyl (C=O) groups is 1. The molecule has 1 aliphatic heterocycles. The highest BCUT2D eigenvalue weighted by Gasteiger charge is 2.40. The molecule has 3 rings (SSSR count). The molecule has 1 saturated heterocycles. The molecular weight excluding hydrogens is 474 g/mol. The van der Waals surface area contributed by atoms with Gasteiger partial charge in [-0.25, -0.2) is 12.8 Å². The van der Waals surface area contributed by atoms with Gasteiger partial charge in [-0.2, -0.15) is 17.5 Å². The molecule has 0 aliphatic carbocycles. The van der Waals surface area contributed by atoms with Gasteiger partial charge in [0.05, 0.1) is 27.2 Å². The van der Waals surface area contributed by atoms with Gasteiger partial charge in [-0.3, -0.25) is 9.69 Å². The first-order valence-corrected chi connectivity index (χ1v) is 11.4. The fraction of sp³-hybridized carbons (Fsp3) is 0.350. The quantitative estimate of drug-likeness (QED) is 0.643. The van der Waals surface area contributed by atoms with Crippen LogP contribution in [-0.4, -0.2) is 55.8 Å². The minimum atomic E-state index is -4.81. The van der Waals surface area contributed by atoms with Crippen LogP contribution in [0.1, 0.15) is 12.5 Å². The van der Waals surface area contributed by atoms with Crippen LogP contribution < -0.4 is 5.32 Å². The number of anilines is 1. The van der Waals surface area contributed by atoms with Crippen LogP contribution in [0.15, 0.2) is 47.4 Å². The smallest absolute Gasteiger partial charge is 0.323 e. The van der Waals surface area contributed by atoms with Crippen LogP contribution in [0.25, 0.3) is 0 Å². The predicted molar refractivity (Wildman–Crippen MR) is 111 cm³/mol. The molecule has 0 saturated carbocycles. The molecule has 1 atom stereocenters. The third-order valence-electron chi connectivity index (χ3n) is 5.20. The number of nitrogens with one attached hydrogen (secondary N) is 1. The second kappa shape index (κ2) is 9.34. The fourth-order valence-electron chi connectivity index (χ4n) is 3.39. The number of halogens is 5. The van der Waals surface area contributed by atoms with Crippen molar-refractivity contribution in [2.75, 3.05) is 31.5 Å². The number of hydrogen-bond donors (Lipinski definition) is 1. The first-order chi connectivity index (χ1) is 14.9. The molecule has 2 aromatic carbocycles. The Balaban J connectivity index is 1.67. The highest BCUT2D eigenvalue weighted by atomic mass is 35.5. The molecule has 1 amide bonds. The van der Waals surface area contributed by atoms with Crippen molar-refractivity contribution in [2.24, 2.45) is 0 Å². The molecule has 1 heterocycles. The Kier molecular flexibility index (Phi) is 7.13. The number of sulfonamides is 1. The topological polar surface area (TPSA) is 69.7 Å². The lowest BCUT2D eigenvalue weighted by molar-refractivity contribution is -0.140. The van der Waals surface area contributed by atoms with E-state index in [0.29, 0.717) is 0 Å². The number of benzene rings is 2. The Hall–Kier alpha value is -2.21. The lowest BCUT2D eigenvalue weighted by atomic mass is 10.2. The zero-order chi connectivity index (χ0) is 23.7. The van der Waals surface area contributed by atoms with Crippen molar-refractivity contribution in [2.45, 2.75) is 24.0 Å². The van der Waals surface area contributed by atoms with Crippen molar-refractivity contribution in [3.8, 4) is 0 Å². The van der Waals surface area contributed by atoms with Crippen LogP contribution in [-0.2, 0) is 21.0 Å². The average molecular weight is 494 g/mol. The third kappa shape index (κ3) is 5.22. The van der Waals surface area contributed by atoms with Crippen LogP contribution in [0.4, 0.5) is 23.2 Å². The monoisotopic (exact) mass is 493 g/mol. The maximum atomic E-state index is 13.3. The molecular formula is C20H20ClF4N3O3S. The molecule has 6 nitrogen and oxygen atoms in total. The molecule has 1 unspecified atom stereocenters. The summed E-state index contributed by atoms with van der Waals surface area (Å²) in [6, 6.07) is 6.90. The Bertz CT molecular complexity index is 1100. The number of alkyl halides is 3. The van der Waals surface area contributed by atoms with Gasteiger partial charge in [0.2, 0.25) is 15.9 Å². The number of rotatable bonds is 5. The van der Waals surface area contributed by atoms with Crippen LogP contribution >= 0.6 is 11.6 Å². The first kappa shape index (κ1) is 24.4. The summed E-state index contributed by atoms with van der Waals surface area (Å²) >= 11 is 5.91. The van der Waals surface area contributed by atoms with Crippen molar-refractivity contribution in [1.29, 1.82) is 0 Å². The summed E-state index contributed by atoms with van der Waals surface area (Å²) in [5, 5.41) is 2.62. The van der Waals surface area contributed by atoms with E-state index >= 15 is 0 Å². The van der Waals surface area contributed by atoms with E-state index in [4.69, 9.17) is 11.6 Å². The summed E-state index contributed by atoms with van der Waals surface area (Å²) in [6.07, 6.45) is -4.81. The molecule has 0 spiro atoms. The maximum absolute atomic E-state index is 13.3. The van der Waals surface area contributed by atoms with E-state index in [1.807, 2.05) is 0 Å². The van der Waals surface area contributed by atoms with Crippen LogP contribution in [0.5, 0.6) is 0 Å². The van der Waals surface area contributed by atoms with Gasteiger partial charge in [0.1, 0.15) is 5.82 Å². The molecule has 1 aliphatic rings. The summed E-state index contributed by atoms with van der Waals surface area (Å²) in [4.78, 5) is 13.5. The van der Waals surface area contributed by atoms with Crippen LogP contribution in [0.2, 0.25) is 5.02 Å². The number of hydrogen-bond acceptors (Lipinski definition) is 4. The molecule has 174 valence electrons. The van der Waals surface area contributed by atoms with Gasteiger partial charge in [-0.15, -0.1) is 0 Å². The van der Waals surface area contributed by atoms with Crippen LogP contribution in [0, 0.1) is 5.82 Å². The standard InChI is InChI=1S/C20H20ClF4N3O3S/c1-13(19(29)26-17-7-6-14(22)12-16(17)21)27-8-10-28(11-9-27)32(30,31)18-5-3-2-4-15(18)20(23,24)25/h2-7,12-13H,8-11H2,1H3,(H,26,29). The van der Waals surface area contributed by atoms with Gasteiger partial charge in [0.25, 0.3) is 0 Å². The highest BCUT2D eigenvalue weighted by Crippen LogP contribution is 2.35. The second-order valence-electron chi connectivity index (χ2n) is 7.22. The first-order valence-electron chi connectivity index (χ1n) is 9.57. The van der Waals surface area contributed by atoms with Crippen molar-refractivity contribution in [3.63, 3.8) is 0 Å². The zero-order valence-corrected chi connectivity index (χ0v) is 18.4. The molecule has 0 radical (unpaired) electrons. The lowest BCUT2D eigenvalue weighted by Gasteiger charge is -2.37. The number of nitrogens with zero attached hydrogens (tertiary/aromatic N) is 2. The van der Waals surface area contributed by atoms with Crippen LogP contribution in [0.3, 0.4) is 0 Å². The zero-order valence-electron chi connectivity index (χ0n) is 16.9. The summed E-state index contributed by atoms with van der Waals surface area (Å²) < 4.78 is 79.6. The number of amides is 1. The van der Waals surface area contributed by atoms with E-state index in [9.17, 15) is 30.8 Å². The van der Waals surface area contributed by atoms with Crippen molar-refractivity contribution < 1.29 is 30.8 Å². The van der Waals surface area contributed by atoms with Gasteiger partial charge in [0, 0.05) is 26.2 Å². The fourth-order valence-corrected chi connectivity index (χ4v) is 5.24. The molecule has 0 aromatic heterocycles. The highest BCUT2D eigenvalue weighted by molar-refractivity contribution is 7.89. The number of carbonyl (C=O) groups excluding carboxylic acids is 1. The van der Waals surface area contributed by atoms with Crippen molar-refractivity contribution >= 4 is 33.2 Å². The van der Waals surface area contributed by atoms with Gasteiger partial charge in [0.15, 0.2) is 0 Å². The minimum Gasteiger partial charge on any atom is -0.323 e. The van der Waals surface area contributed by atoms with E-state index in [0.717, 1.165) is 34.6 Å². The summed E-state index contributed by atoms with van der Waals surface area (Å²) in [7, 11) is -4.37. The Morgan fingerprint density at radius 3 is 2.31 bits per heavy atom. The van der Waals surface area contributed by atoms with Crippen molar-refractivity contribution in [1.82, 2.24) is 9.21 Å². The van der Waals surface area contributed by atoms with Gasteiger partial charge >= 0.3 is 6.18 Å². The molecule has 1 N–H and O–H groups in total. The lowest BCUT2D eigenvalue weighted by Crippen LogP contribution is -2.54. The number of piperazine rings is 1. The predicted octanol–water partition coefficient (Wildman–Crippen LogP) is 3.83. The van der Waals surface area contributed by atoms with Gasteiger partial charge in [-0.05, 0) is 37.3 Å². The Morgan fingerprint density at radius 1 is 1.09 bits per heavy atom. The third-order valence-corrected chi connectivity index (χ3v) is 7.47. The minimum absolute atomic E-state index is 0.0322. The van der Waals surface area contributed by atoms with E-state index in [2.05, 4.69) is 5.32 Å². The van der Waals surface area contributed by atoms with Gasteiger partial charge < -0.3 is 5.32 Å². The summed E-state index contributed by atoms with van der Waals surface area (Å²) in [5.74, 6) is -0.984. The molecule has 2 aromatic rings. The molecule has 12 heteroatoms. The van der Waals surface area contributed by atoms with Gasteiger partial charge in [-0.1, -0.05) is 23.7 Å². The largest absolute Gasteiger partial charge is 0.417 e. The second-order valence-corrected chi connectivity index (χ2v) is 9.54. The maximum Gasteiger partial charge on any atom is 0.417 e. The van der Waals surface area contributed by atoms with E-state index in [-0.39, 0.29) is 36.9 Å². The molecule has 0 bridgehead atoms. The Labute approximate surface area is 187 Å². The normalized spacial score (nSPS) is 17.2. The molecule has 32 heavy (non-hydrogen) atoms. The van der Waals surface area contributed by atoms with E-state index in [1.54, 1.807) is 11.8 Å². The van der Waals surface area contributed by atoms with Crippen molar-refractivity contribution in [3.05, 3.63) is 58.9 Å². The Morgan fingerprint density at radius 2 is 1.72 bits per heavy atom. The average Bonchev–Trinajstić information content (AvgIpc) is 2.74.